The number of anilines is 1. The molecule has 0 radical (unpaired) electrons. The fourth-order valence-electron chi connectivity index (χ4n) is 1.77. The van der Waals surface area contributed by atoms with Crippen molar-refractivity contribution in [3.05, 3.63) is 55.4 Å². The number of benzene rings is 1. The Kier molecular flexibility index (Phi) is 5.11. The Balaban J connectivity index is 2.17. The van der Waals surface area contributed by atoms with Crippen LogP contribution in [-0.2, 0) is 7.05 Å². The van der Waals surface area contributed by atoms with Gasteiger partial charge in [0.1, 0.15) is 5.02 Å². The first-order valence-electron chi connectivity index (χ1n) is 5.99. The van der Waals surface area contributed by atoms with Crippen LogP contribution in [0.25, 0.3) is 0 Å². The molecule has 0 fully saturated rings. The number of hydrogen-bond donors (Lipinski definition) is 2. The number of halogens is 3. The van der Waals surface area contributed by atoms with Crippen molar-refractivity contribution in [1.82, 2.24) is 9.78 Å². The lowest BCUT2D eigenvalue weighted by atomic mass is 10.1. The molecule has 1 unspecified atom stereocenters. The SMILES string of the molecule is Cn1ncc(NCC(O)c2c(Cl)cccc2Cl)c(Cl)c1=O. The maximum Gasteiger partial charge on any atom is 0.287 e. The lowest BCUT2D eigenvalue weighted by Crippen LogP contribution is -2.22. The molecule has 0 saturated carbocycles. The molecule has 0 amide bonds. The molecule has 1 aromatic heterocycles. The zero-order valence-electron chi connectivity index (χ0n) is 11.0. The number of aliphatic hydroxyl groups excluding tert-OH is 1. The summed E-state index contributed by atoms with van der Waals surface area (Å²) >= 11 is 18.0. The minimum Gasteiger partial charge on any atom is -0.386 e. The van der Waals surface area contributed by atoms with Crippen molar-refractivity contribution in [3.8, 4) is 0 Å². The van der Waals surface area contributed by atoms with E-state index in [4.69, 9.17) is 34.8 Å². The van der Waals surface area contributed by atoms with Crippen molar-refractivity contribution in [2.24, 2.45) is 7.05 Å². The summed E-state index contributed by atoms with van der Waals surface area (Å²) in [6.07, 6.45) is 0.455. The third-order valence-electron chi connectivity index (χ3n) is 2.90. The molecule has 0 aliphatic rings. The van der Waals surface area contributed by atoms with Crippen LogP contribution in [0.2, 0.25) is 15.1 Å². The Morgan fingerprint density at radius 1 is 1.33 bits per heavy atom. The number of hydrogen-bond acceptors (Lipinski definition) is 4. The number of nitrogens with one attached hydrogen (secondary N) is 1. The lowest BCUT2D eigenvalue weighted by molar-refractivity contribution is 0.192. The van der Waals surface area contributed by atoms with Gasteiger partial charge in [0.05, 0.1) is 18.0 Å². The second-order valence-electron chi connectivity index (χ2n) is 4.33. The van der Waals surface area contributed by atoms with Gasteiger partial charge in [0.2, 0.25) is 0 Å². The van der Waals surface area contributed by atoms with Crippen molar-refractivity contribution < 1.29 is 5.11 Å². The van der Waals surface area contributed by atoms with E-state index in [1.165, 1.54) is 13.2 Å². The van der Waals surface area contributed by atoms with Gasteiger partial charge in [-0.05, 0) is 12.1 Å². The van der Waals surface area contributed by atoms with E-state index in [1.54, 1.807) is 18.2 Å². The third-order valence-corrected chi connectivity index (χ3v) is 3.92. The summed E-state index contributed by atoms with van der Waals surface area (Å²) in [6, 6.07) is 4.97. The number of rotatable bonds is 4. The van der Waals surface area contributed by atoms with Crippen LogP contribution in [0.3, 0.4) is 0 Å². The number of aromatic nitrogens is 2. The summed E-state index contributed by atoms with van der Waals surface area (Å²) in [4.78, 5) is 11.6. The van der Waals surface area contributed by atoms with E-state index in [1.807, 2.05) is 0 Å². The first-order valence-corrected chi connectivity index (χ1v) is 7.13. The summed E-state index contributed by atoms with van der Waals surface area (Å²) in [7, 11) is 1.50. The standard InChI is InChI=1S/C13H12Cl3N3O2/c1-19-13(21)12(16)9(5-18-19)17-6-10(20)11-7(14)3-2-4-8(11)15/h2-5,10,17,20H,6H2,1H3. The molecular weight excluding hydrogens is 337 g/mol. The monoisotopic (exact) mass is 347 g/mol. The summed E-state index contributed by atoms with van der Waals surface area (Å²) in [5, 5.41) is 17.6. The zero-order chi connectivity index (χ0) is 15.6. The molecule has 112 valence electrons. The van der Waals surface area contributed by atoms with Crippen molar-refractivity contribution in [2.45, 2.75) is 6.10 Å². The number of aliphatic hydroxyl groups is 1. The fraction of sp³-hybridized carbons (Fsp3) is 0.231. The molecule has 0 aliphatic carbocycles. The van der Waals surface area contributed by atoms with Gasteiger partial charge in [0.15, 0.2) is 0 Å². The zero-order valence-corrected chi connectivity index (χ0v) is 13.2. The number of aryl methyl sites for hydroxylation is 1. The highest BCUT2D eigenvalue weighted by Crippen LogP contribution is 2.30. The topological polar surface area (TPSA) is 67.2 Å². The highest BCUT2D eigenvalue weighted by molar-refractivity contribution is 6.36. The van der Waals surface area contributed by atoms with E-state index in [-0.39, 0.29) is 11.6 Å². The summed E-state index contributed by atoms with van der Waals surface area (Å²) in [5.74, 6) is 0. The van der Waals surface area contributed by atoms with Crippen molar-refractivity contribution in [2.75, 3.05) is 11.9 Å². The molecule has 8 heteroatoms. The predicted molar refractivity (Wildman–Crippen MR) is 84.4 cm³/mol. The van der Waals surface area contributed by atoms with Crippen LogP contribution < -0.4 is 10.9 Å². The molecule has 21 heavy (non-hydrogen) atoms. The molecule has 2 rings (SSSR count). The molecule has 5 nitrogen and oxygen atoms in total. The molecule has 0 aliphatic heterocycles. The van der Waals surface area contributed by atoms with Crippen LogP contribution in [0.5, 0.6) is 0 Å². The van der Waals surface area contributed by atoms with Crippen molar-refractivity contribution in [1.29, 1.82) is 0 Å². The van der Waals surface area contributed by atoms with Crippen LogP contribution >= 0.6 is 34.8 Å². The van der Waals surface area contributed by atoms with Gasteiger partial charge in [0.25, 0.3) is 5.56 Å². The van der Waals surface area contributed by atoms with Crippen LogP contribution in [0.1, 0.15) is 11.7 Å². The predicted octanol–water partition coefficient (Wildman–Crippen LogP) is 2.89. The van der Waals surface area contributed by atoms with Gasteiger partial charge in [-0.25, -0.2) is 4.68 Å². The molecule has 1 aromatic carbocycles. The highest BCUT2D eigenvalue weighted by atomic mass is 35.5. The van der Waals surface area contributed by atoms with E-state index in [0.717, 1.165) is 4.68 Å². The van der Waals surface area contributed by atoms with Gasteiger partial charge >= 0.3 is 0 Å². The first-order chi connectivity index (χ1) is 9.91. The smallest absolute Gasteiger partial charge is 0.287 e. The average Bonchev–Trinajstić information content (AvgIpc) is 2.44. The van der Waals surface area contributed by atoms with Gasteiger partial charge < -0.3 is 10.4 Å². The lowest BCUT2D eigenvalue weighted by Gasteiger charge is -2.16. The van der Waals surface area contributed by atoms with Gasteiger partial charge in [-0.3, -0.25) is 4.79 Å². The minimum absolute atomic E-state index is 0.00459. The van der Waals surface area contributed by atoms with Crippen molar-refractivity contribution >= 4 is 40.5 Å². The van der Waals surface area contributed by atoms with Gasteiger partial charge in [0, 0.05) is 29.2 Å². The second-order valence-corrected chi connectivity index (χ2v) is 5.53. The molecule has 0 saturated heterocycles. The Hall–Kier alpha value is -1.27. The van der Waals surface area contributed by atoms with Crippen molar-refractivity contribution in [3.63, 3.8) is 0 Å². The molecule has 0 spiro atoms. The van der Waals surface area contributed by atoms with Crippen LogP contribution in [0, 0.1) is 0 Å². The second kappa shape index (κ2) is 6.66. The Bertz CT molecular complexity index is 698. The molecular formula is C13H12Cl3N3O2. The summed E-state index contributed by atoms with van der Waals surface area (Å²) in [6.45, 7) is 0.0814. The molecule has 2 aromatic rings. The molecule has 1 atom stereocenters. The van der Waals surface area contributed by atoms with Gasteiger partial charge in [-0.2, -0.15) is 5.10 Å². The first kappa shape index (κ1) is 16.1. The van der Waals surface area contributed by atoms with E-state index in [0.29, 0.717) is 21.3 Å². The van der Waals surface area contributed by atoms with E-state index in [2.05, 4.69) is 10.4 Å². The van der Waals surface area contributed by atoms with Gasteiger partial charge in [-0.15, -0.1) is 0 Å². The Morgan fingerprint density at radius 2 is 1.95 bits per heavy atom. The Morgan fingerprint density at radius 3 is 2.57 bits per heavy atom. The maximum absolute atomic E-state index is 11.6. The molecule has 1 heterocycles. The average molecular weight is 349 g/mol. The quantitative estimate of drug-likeness (QED) is 0.891. The summed E-state index contributed by atoms with van der Waals surface area (Å²) in [5.41, 5.74) is 0.329. The maximum atomic E-state index is 11.6. The minimum atomic E-state index is -0.952. The molecule has 0 bridgehead atoms. The largest absolute Gasteiger partial charge is 0.386 e. The normalized spacial score (nSPS) is 12.2. The highest BCUT2D eigenvalue weighted by Gasteiger charge is 2.16. The summed E-state index contributed by atoms with van der Waals surface area (Å²) < 4.78 is 1.12. The fourth-order valence-corrected chi connectivity index (χ4v) is 2.66. The van der Waals surface area contributed by atoms with E-state index < -0.39 is 11.7 Å². The third kappa shape index (κ3) is 3.49. The van der Waals surface area contributed by atoms with Crippen LogP contribution in [-0.4, -0.2) is 21.4 Å². The number of nitrogens with zero attached hydrogens (tertiary/aromatic N) is 2. The Labute approximate surface area is 136 Å². The van der Waals surface area contributed by atoms with Gasteiger partial charge in [-0.1, -0.05) is 40.9 Å². The van der Waals surface area contributed by atoms with Crippen LogP contribution in [0.15, 0.2) is 29.2 Å². The molecule has 2 N–H and O–H groups in total. The van der Waals surface area contributed by atoms with E-state index in [9.17, 15) is 9.90 Å². The van der Waals surface area contributed by atoms with E-state index >= 15 is 0 Å². The van der Waals surface area contributed by atoms with Crippen LogP contribution in [0.4, 0.5) is 5.69 Å².